The Kier molecular flexibility index (Phi) is 6.03. The molecule has 0 amide bonds. The van der Waals surface area contributed by atoms with Crippen molar-refractivity contribution in [3.8, 4) is 5.75 Å². The van der Waals surface area contributed by atoms with Crippen LogP contribution in [0, 0.1) is 0 Å². The van der Waals surface area contributed by atoms with Crippen LogP contribution in [0.2, 0.25) is 5.02 Å². The second kappa shape index (κ2) is 8.00. The third kappa shape index (κ3) is 4.11. The van der Waals surface area contributed by atoms with Crippen molar-refractivity contribution in [2.75, 3.05) is 11.9 Å². The number of aromatic nitrogens is 2. The van der Waals surface area contributed by atoms with Crippen molar-refractivity contribution in [3.63, 3.8) is 0 Å². The molecule has 5 nitrogen and oxygen atoms in total. The molecule has 0 saturated carbocycles. The maximum Gasteiger partial charge on any atom is 0.171 e. The number of nitrogens with one attached hydrogen (secondary N) is 2. The lowest BCUT2D eigenvalue weighted by molar-refractivity contribution is 0.342. The van der Waals surface area contributed by atoms with Gasteiger partial charge in [-0.05, 0) is 38.2 Å². The van der Waals surface area contributed by atoms with Crippen LogP contribution < -0.4 is 15.4 Å². The molecule has 2 rings (SSSR count). The summed E-state index contributed by atoms with van der Waals surface area (Å²) in [6, 6.07) is 7.67. The lowest BCUT2D eigenvalue weighted by Gasteiger charge is -2.14. The highest BCUT2D eigenvalue weighted by Crippen LogP contribution is 2.23. The van der Waals surface area contributed by atoms with Crippen molar-refractivity contribution in [2.45, 2.75) is 26.9 Å². The fourth-order valence-electron chi connectivity index (χ4n) is 2.02. The molecule has 0 fully saturated rings. The molecule has 2 N–H and O–H groups in total. The van der Waals surface area contributed by atoms with Gasteiger partial charge in [0.2, 0.25) is 0 Å². The lowest BCUT2D eigenvalue weighted by atomic mass is 10.3. The van der Waals surface area contributed by atoms with Gasteiger partial charge >= 0.3 is 0 Å². The van der Waals surface area contributed by atoms with Gasteiger partial charge < -0.3 is 15.4 Å². The Labute approximate surface area is 140 Å². The van der Waals surface area contributed by atoms with Crippen molar-refractivity contribution < 1.29 is 4.74 Å². The molecule has 0 radical (unpaired) electrons. The molecule has 0 bridgehead atoms. The van der Waals surface area contributed by atoms with Crippen molar-refractivity contribution in [1.82, 2.24) is 15.1 Å². The van der Waals surface area contributed by atoms with E-state index in [4.69, 9.17) is 28.6 Å². The van der Waals surface area contributed by atoms with Gasteiger partial charge in [-0.25, -0.2) is 0 Å². The quantitative estimate of drug-likeness (QED) is 0.790. The molecule has 0 aliphatic rings. The van der Waals surface area contributed by atoms with E-state index in [1.54, 1.807) is 6.20 Å². The van der Waals surface area contributed by atoms with E-state index in [9.17, 15) is 0 Å². The molecule has 0 unspecified atom stereocenters. The normalized spacial score (nSPS) is 10.3. The molecule has 1 aromatic carbocycles. The molecule has 2 aromatic rings. The third-order valence-electron chi connectivity index (χ3n) is 3.05. The minimum Gasteiger partial charge on any atom is -0.492 e. The molecule has 22 heavy (non-hydrogen) atoms. The Morgan fingerprint density at radius 1 is 1.36 bits per heavy atom. The van der Waals surface area contributed by atoms with Crippen molar-refractivity contribution in [3.05, 3.63) is 41.2 Å². The maximum atomic E-state index is 6.13. The van der Waals surface area contributed by atoms with Crippen LogP contribution in [0.25, 0.3) is 0 Å². The molecule has 0 saturated heterocycles. The number of thiocarbonyl (C=S) groups is 1. The van der Waals surface area contributed by atoms with Gasteiger partial charge in [-0.3, -0.25) is 4.68 Å². The molecule has 1 aromatic heterocycles. The maximum absolute atomic E-state index is 6.13. The molecular weight excluding hydrogens is 320 g/mol. The zero-order valence-corrected chi connectivity index (χ0v) is 14.2. The van der Waals surface area contributed by atoms with E-state index in [0.29, 0.717) is 23.3 Å². The molecule has 0 aliphatic heterocycles. The second-order valence-corrected chi connectivity index (χ2v) is 5.31. The van der Waals surface area contributed by atoms with Crippen LogP contribution in [0.5, 0.6) is 5.75 Å². The highest BCUT2D eigenvalue weighted by molar-refractivity contribution is 7.80. The number of aryl methyl sites for hydroxylation is 1. The SMILES string of the molecule is CCOc1ccccc1NC(=S)NCc1c(Cl)cnn1CC. The van der Waals surface area contributed by atoms with Gasteiger partial charge in [-0.1, -0.05) is 23.7 Å². The minimum atomic E-state index is 0.507. The topological polar surface area (TPSA) is 51.1 Å². The Balaban J connectivity index is 1.97. The highest BCUT2D eigenvalue weighted by Gasteiger charge is 2.09. The largest absolute Gasteiger partial charge is 0.492 e. The first kappa shape index (κ1) is 16.6. The van der Waals surface area contributed by atoms with E-state index in [1.807, 2.05) is 42.8 Å². The fraction of sp³-hybridized carbons (Fsp3) is 0.333. The zero-order valence-electron chi connectivity index (χ0n) is 12.6. The van der Waals surface area contributed by atoms with Gasteiger partial charge in [-0.15, -0.1) is 0 Å². The first-order valence-electron chi connectivity index (χ1n) is 7.12. The summed E-state index contributed by atoms with van der Waals surface area (Å²) in [5, 5.41) is 11.6. The predicted molar refractivity (Wildman–Crippen MR) is 93.6 cm³/mol. The molecule has 0 spiro atoms. The Hall–Kier alpha value is -1.79. The van der Waals surface area contributed by atoms with Gasteiger partial charge in [0.25, 0.3) is 0 Å². The number of para-hydroxylation sites is 2. The predicted octanol–water partition coefficient (Wildman–Crippen LogP) is 3.44. The molecule has 7 heteroatoms. The molecular formula is C15H19ClN4OS. The number of hydrogen-bond donors (Lipinski definition) is 2. The van der Waals surface area contributed by atoms with E-state index in [1.165, 1.54) is 0 Å². The molecule has 1 heterocycles. The summed E-state index contributed by atoms with van der Waals surface area (Å²) in [5.41, 5.74) is 1.74. The number of hydrogen-bond acceptors (Lipinski definition) is 3. The van der Waals surface area contributed by atoms with Crippen LogP contribution in [0.15, 0.2) is 30.5 Å². The van der Waals surface area contributed by atoms with Crippen LogP contribution in [0.1, 0.15) is 19.5 Å². The van der Waals surface area contributed by atoms with Gasteiger partial charge in [0.1, 0.15) is 5.75 Å². The number of ether oxygens (including phenoxy) is 1. The number of halogens is 1. The van der Waals surface area contributed by atoms with E-state index in [2.05, 4.69) is 15.7 Å². The van der Waals surface area contributed by atoms with E-state index in [-0.39, 0.29) is 0 Å². The van der Waals surface area contributed by atoms with E-state index >= 15 is 0 Å². The zero-order chi connectivity index (χ0) is 15.9. The second-order valence-electron chi connectivity index (χ2n) is 4.49. The van der Waals surface area contributed by atoms with E-state index < -0.39 is 0 Å². The number of benzene rings is 1. The first-order valence-corrected chi connectivity index (χ1v) is 7.91. The lowest BCUT2D eigenvalue weighted by Crippen LogP contribution is -2.29. The van der Waals surface area contributed by atoms with Crippen LogP contribution in [-0.4, -0.2) is 21.5 Å². The van der Waals surface area contributed by atoms with Crippen LogP contribution in [-0.2, 0) is 13.1 Å². The average Bonchev–Trinajstić information content (AvgIpc) is 2.87. The number of rotatable bonds is 6. The van der Waals surface area contributed by atoms with Gasteiger partial charge in [0.15, 0.2) is 5.11 Å². The molecule has 0 atom stereocenters. The van der Waals surface area contributed by atoms with Crippen molar-refractivity contribution in [1.29, 1.82) is 0 Å². The Morgan fingerprint density at radius 2 is 2.14 bits per heavy atom. The first-order chi connectivity index (χ1) is 10.7. The summed E-state index contributed by atoms with van der Waals surface area (Å²) in [4.78, 5) is 0. The Morgan fingerprint density at radius 3 is 2.86 bits per heavy atom. The summed E-state index contributed by atoms with van der Waals surface area (Å²) >= 11 is 11.5. The number of anilines is 1. The monoisotopic (exact) mass is 338 g/mol. The summed E-state index contributed by atoms with van der Waals surface area (Å²) in [6.45, 7) is 5.83. The third-order valence-corrected chi connectivity index (χ3v) is 3.61. The minimum absolute atomic E-state index is 0.507. The number of nitrogens with zero attached hydrogens (tertiary/aromatic N) is 2. The summed E-state index contributed by atoms with van der Waals surface area (Å²) in [6.07, 6.45) is 1.64. The average molecular weight is 339 g/mol. The molecule has 118 valence electrons. The van der Waals surface area contributed by atoms with Crippen LogP contribution in [0.3, 0.4) is 0 Å². The fourth-order valence-corrected chi connectivity index (χ4v) is 2.41. The van der Waals surface area contributed by atoms with Crippen molar-refractivity contribution >= 4 is 34.6 Å². The standard InChI is InChI=1S/C15H19ClN4OS/c1-3-20-13(11(16)9-18-20)10-17-15(22)19-12-7-5-6-8-14(12)21-4-2/h5-9H,3-4,10H2,1-2H3,(H2,17,19,22). The van der Waals surface area contributed by atoms with Gasteiger partial charge in [0, 0.05) is 6.54 Å². The smallest absolute Gasteiger partial charge is 0.171 e. The van der Waals surface area contributed by atoms with Crippen LogP contribution >= 0.6 is 23.8 Å². The van der Waals surface area contributed by atoms with Crippen LogP contribution in [0.4, 0.5) is 5.69 Å². The molecule has 0 aliphatic carbocycles. The summed E-state index contributed by atoms with van der Waals surface area (Å²) in [7, 11) is 0. The summed E-state index contributed by atoms with van der Waals surface area (Å²) < 4.78 is 7.40. The van der Waals surface area contributed by atoms with E-state index in [0.717, 1.165) is 23.7 Å². The van der Waals surface area contributed by atoms with Gasteiger partial charge in [-0.2, -0.15) is 5.10 Å². The Bertz CT molecular complexity index is 644. The van der Waals surface area contributed by atoms with Gasteiger partial charge in [0.05, 0.1) is 35.8 Å². The summed E-state index contributed by atoms with van der Waals surface area (Å²) in [5.74, 6) is 0.769. The van der Waals surface area contributed by atoms with Crippen molar-refractivity contribution in [2.24, 2.45) is 0 Å². The highest BCUT2D eigenvalue weighted by atomic mass is 35.5.